The maximum Gasteiger partial charge on any atom is 0.410 e. The Morgan fingerprint density at radius 1 is 0.514 bits per heavy atom. The number of aliphatic hydroxyl groups is 1. The summed E-state index contributed by atoms with van der Waals surface area (Å²) in [6.45, 7) is 29.9. The van der Waals surface area contributed by atoms with Crippen LogP contribution in [0.3, 0.4) is 0 Å². The fourth-order valence-electron chi connectivity index (χ4n) is 13.8. The van der Waals surface area contributed by atoms with Gasteiger partial charge in [0, 0.05) is 39.1 Å². The normalized spacial score (nSPS) is 20.0. The number of rotatable bonds is 16. The molecule has 0 aromatic heterocycles. The van der Waals surface area contributed by atoms with Crippen LogP contribution in [0, 0.1) is 10.8 Å². The molecule has 26 nitrogen and oxygen atoms in total. The first-order valence-electron chi connectivity index (χ1n) is 37.2. The first kappa shape index (κ1) is 85.0. The van der Waals surface area contributed by atoms with E-state index in [0.717, 1.165) is 71.9 Å². The van der Waals surface area contributed by atoms with Gasteiger partial charge < -0.3 is 66.2 Å². The van der Waals surface area contributed by atoms with Gasteiger partial charge in [-0.15, -0.1) is 0 Å². The number of alkyl carbamates (subject to hydrolysis) is 2. The largest absolute Gasteiger partial charge is 0.449 e. The van der Waals surface area contributed by atoms with Crippen LogP contribution in [-0.2, 0) is 60.6 Å². The lowest BCUT2D eigenvalue weighted by atomic mass is 9.85. The standard InChI is InChI=1S/C45H57N5O7.C30H47N5O5.C6H13NO3/c1-27(49(8)43(55)57-45(5,6)7)39(51)48-38(44(2,3)4)41(53)50-25-29(24-37(50)40(52)47-36-23-15-17-28-16-9-10-18-30(28)36)46-42(54)56-26-35-33-21-13-11-19-31(33)32-20-12-14-22-34(32)35;1-18(34(8)28(39)40-30(5,6)7)25(36)33-24(29(2,3)4)27(38)35-17-20(31)16-23(35)26(37)32-22-15-11-13-19-12-9-10-14-21(19)22;1-6(2,3)10-5(9)7-4-8/h9-14,16,18-22,27,29,35-38H,15,17,23-26H2,1-8H3,(H,46,54)(H,47,52)(H,48,51);9-10,12,14,18,20,22-24H,11,13,15-17,31H2,1-8H3,(H,32,37)(H,33,36);8H,4H2,1-3H3,(H,7,9)/t27-,29-,36+,37-,38+;18-,20-,22+,23-,24+;/m00./s1. The summed E-state index contributed by atoms with van der Waals surface area (Å²) < 4.78 is 21.5. The quantitative estimate of drug-likeness (QED) is 0.0382. The first-order valence-corrected chi connectivity index (χ1v) is 37.2. The van der Waals surface area contributed by atoms with Gasteiger partial charge in [0.05, 0.1) is 18.1 Å². The number of benzene rings is 4. The number of aliphatic hydroxyl groups excluding tert-OH is 1. The third-order valence-corrected chi connectivity index (χ3v) is 19.5. The summed E-state index contributed by atoms with van der Waals surface area (Å²) in [5, 5.41) is 25.4. The van der Waals surface area contributed by atoms with Gasteiger partial charge in [-0.1, -0.05) is 139 Å². The lowest BCUT2D eigenvalue weighted by Gasteiger charge is -2.37. The molecule has 10 atom stereocenters. The topological polar surface area (TPSA) is 339 Å². The van der Waals surface area contributed by atoms with Gasteiger partial charge in [0.15, 0.2) is 0 Å². The molecule has 2 fully saturated rings. The summed E-state index contributed by atoms with van der Waals surface area (Å²) in [5.74, 6) is -2.59. The molecule has 4 aromatic rings. The number of hydrogen-bond acceptors (Lipinski definition) is 16. The van der Waals surface area contributed by atoms with E-state index in [0.29, 0.717) is 6.42 Å². The molecule has 0 saturated carbocycles. The minimum Gasteiger partial charge on any atom is -0.449 e. The molecule has 3 aliphatic carbocycles. The number of likely N-dealkylation sites (N-methyl/N-ethyl adjacent to an activating group) is 2. The Hall–Kier alpha value is -9.30. The number of amides is 10. The van der Waals surface area contributed by atoms with Crippen LogP contribution in [0.2, 0.25) is 0 Å². The molecule has 586 valence electrons. The highest BCUT2D eigenvalue weighted by atomic mass is 16.6. The number of nitrogens with one attached hydrogen (secondary N) is 6. The van der Waals surface area contributed by atoms with Crippen molar-refractivity contribution in [1.29, 1.82) is 0 Å². The molecule has 4 aromatic carbocycles. The van der Waals surface area contributed by atoms with Crippen LogP contribution in [0.4, 0.5) is 19.2 Å². The lowest BCUT2D eigenvalue weighted by Crippen LogP contribution is -2.60. The molecule has 26 heteroatoms. The number of aryl methyl sites for hydroxylation is 2. The van der Waals surface area contributed by atoms with E-state index in [1.54, 1.807) is 76.2 Å². The summed E-state index contributed by atoms with van der Waals surface area (Å²) >= 11 is 0. The van der Waals surface area contributed by atoms with Gasteiger partial charge >= 0.3 is 24.4 Å². The van der Waals surface area contributed by atoms with Crippen molar-refractivity contribution in [2.45, 2.75) is 252 Å². The number of likely N-dealkylation sites (tertiary alicyclic amines) is 2. The summed E-state index contributed by atoms with van der Waals surface area (Å²) in [6, 6.07) is 25.5. The van der Waals surface area contributed by atoms with Crippen molar-refractivity contribution in [2.24, 2.45) is 16.6 Å². The minimum absolute atomic E-state index is 0.0260. The van der Waals surface area contributed by atoms with E-state index in [4.69, 9.17) is 29.8 Å². The van der Waals surface area contributed by atoms with E-state index in [-0.39, 0.29) is 67.9 Å². The molecule has 2 aliphatic heterocycles. The average molecular weight is 1480 g/mol. The van der Waals surface area contributed by atoms with Gasteiger partial charge in [-0.25, -0.2) is 19.2 Å². The maximum absolute atomic E-state index is 14.7. The van der Waals surface area contributed by atoms with E-state index in [9.17, 15) is 47.9 Å². The second kappa shape index (κ2) is 35.6. The van der Waals surface area contributed by atoms with Gasteiger partial charge in [0.2, 0.25) is 35.4 Å². The molecule has 0 radical (unpaired) electrons. The Labute approximate surface area is 631 Å². The molecule has 5 aliphatic rings. The third kappa shape index (κ3) is 23.1. The third-order valence-electron chi connectivity index (χ3n) is 19.5. The molecule has 0 bridgehead atoms. The summed E-state index contributed by atoms with van der Waals surface area (Å²) in [4.78, 5) is 138. The van der Waals surface area contributed by atoms with Crippen molar-refractivity contribution < 1.29 is 72.0 Å². The molecular weight excluding hydrogens is 1370 g/mol. The number of nitrogens with zero attached hydrogens (tertiary/aromatic N) is 4. The van der Waals surface area contributed by atoms with Gasteiger partial charge in [0.25, 0.3) is 0 Å². The second-order valence-corrected chi connectivity index (χ2v) is 33.7. The molecule has 10 amide bonds. The van der Waals surface area contributed by atoms with Crippen LogP contribution < -0.4 is 37.6 Å². The number of hydrogen-bond donors (Lipinski definition) is 8. The maximum atomic E-state index is 14.7. The lowest BCUT2D eigenvalue weighted by molar-refractivity contribution is -0.144. The highest BCUT2D eigenvalue weighted by Crippen LogP contribution is 2.45. The predicted octanol–water partition coefficient (Wildman–Crippen LogP) is 9.83. The fourth-order valence-corrected chi connectivity index (χ4v) is 13.8. The monoisotopic (exact) mass is 1480 g/mol. The number of ether oxygens (including phenoxy) is 4. The molecule has 9 N–H and O–H groups in total. The number of carbonyl (C=O) groups is 10. The van der Waals surface area contributed by atoms with Crippen LogP contribution >= 0.6 is 0 Å². The van der Waals surface area contributed by atoms with Crippen LogP contribution in [0.25, 0.3) is 11.1 Å². The summed E-state index contributed by atoms with van der Waals surface area (Å²) in [5.41, 5.74) is 11.8. The molecule has 9 rings (SSSR count). The Balaban J connectivity index is 0.000000277. The number of nitrogens with two attached hydrogens (primary N) is 1. The van der Waals surface area contributed by atoms with E-state index < -0.39 is 119 Å². The fraction of sp³-hybridized carbons (Fsp3) is 0.580. The zero-order chi connectivity index (χ0) is 79.4. The van der Waals surface area contributed by atoms with Gasteiger partial charge in [-0.3, -0.25) is 43.9 Å². The molecule has 2 heterocycles. The molecular formula is C81H117N11O15. The van der Waals surface area contributed by atoms with Crippen molar-refractivity contribution in [2.75, 3.05) is 40.5 Å². The Morgan fingerprint density at radius 3 is 1.30 bits per heavy atom. The highest BCUT2D eigenvalue weighted by Gasteiger charge is 2.49. The smallest absolute Gasteiger partial charge is 0.410 e. The second-order valence-electron chi connectivity index (χ2n) is 33.7. The van der Waals surface area contributed by atoms with Crippen LogP contribution in [-0.4, -0.2) is 190 Å². The van der Waals surface area contributed by atoms with Crippen LogP contribution in [0.5, 0.6) is 0 Å². The van der Waals surface area contributed by atoms with Gasteiger partial charge in [-0.2, -0.15) is 0 Å². The number of fused-ring (bicyclic) bond motifs is 5. The zero-order valence-corrected chi connectivity index (χ0v) is 66.1. The van der Waals surface area contributed by atoms with Crippen molar-refractivity contribution in [3.8, 4) is 11.1 Å². The summed E-state index contributed by atoms with van der Waals surface area (Å²) in [7, 11) is 2.95. The average Bonchev–Trinajstić information content (AvgIpc) is 1.61. The van der Waals surface area contributed by atoms with Crippen LogP contribution in [0.1, 0.15) is 208 Å². The molecule has 107 heavy (non-hydrogen) atoms. The number of carbonyl (C=O) groups excluding carboxylic acids is 10. The van der Waals surface area contributed by atoms with Crippen LogP contribution in [0.15, 0.2) is 97.1 Å². The van der Waals surface area contributed by atoms with E-state index in [2.05, 4.69) is 68.3 Å². The van der Waals surface area contributed by atoms with E-state index >= 15 is 0 Å². The molecule has 2 saturated heterocycles. The van der Waals surface area contributed by atoms with Gasteiger partial charge in [-0.05, 0) is 183 Å². The van der Waals surface area contributed by atoms with Gasteiger partial charge in [0.1, 0.15) is 66.4 Å². The SMILES string of the molecule is CC(C)(C)OC(=O)NCO.C[C@@H](C(=O)N[C@H](C(=O)N1C[C@@H](N)C[C@H]1C(=O)N[C@@H]1CCCc2ccccc21)C(C)(C)C)N(C)C(=O)OC(C)(C)C.C[C@@H](C(=O)N[C@H](C(=O)N1C[C@@H](NC(=O)OCC2c3ccccc3-c3ccccc32)C[C@H]1C(=O)N[C@@H]1CCCc2ccccc21)C(C)(C)C)N(C)C(=O)OC(C)(C)C. The predicted molar refractivity (Wildman–Crippen MR) is 407 cm³/mol. The Morgan fingerprint density at radius 2 is 0.897 bits per heavy atom. The van der Waals surface area contributed by atoms with Crippen molar-refractivity contribution in [3.63, 3.8) is 0 Å². The molecule has 0 spiro atoms. The summed E-state index contributed by atoms with van der Waals surface area (Å²) in [6.07, 6.45) is 3.32. The van der Waals surface area contributed by atoms with E-state index in [1.807, 2.05) is 102 Å². The minimum atomic E-state index is -1.07. The Bertz CT molecular complexity index is 3780. The first-order chi connectivity index (χ1) is 49.9. The van der Waals surface area contributed by atoms with E-state index in [1.165, 1.54) is 44.8 Å². The highest BCUT2D eigenvalue weighted by molar-refractivity contribution is 5.96. The van der Waals surface area contributed by atoms with Crippen molar-refractivity contribution in [1.82, 2.24) is 51.5 Å². The van der Waals surface area contributed by atoms with Crippen molar-refractivity contribution in [3.05, 3.63) is 130 Å². The Kier molecular flexibility index (Phi) is 28.3. The molecule has 0 unspecified atom stereocenters. The zero-order valence-electron chi connectivity index (χ0n) is 66.1. The van der Waals surface area contributed by atoms with Crippen molar-refractivity contribution >= 4 is 59.8 Å².